The van der Waals surface area contributed by atoms with Crippen LogP contribution in [0, 0.1) is 0 Å². The van der Waals surface area contributed by atoms with E-state index < -0.39 is 77.2 Å². The average Bonchev–Trinajstić information content (AvgIpc) is 2.94. The van der Waals surface area contributed by atoms with Crippen LogP contribution >= 0.6 is 0 Å². The summed E-state index contributed by atoms with van der Waals surface area (Å²) in [5, 5.41) is 2.62. The Kier molecular flexibility index (Phi) is 14.3. The second-order valence-corrected chi connectivity index (χ2v) is 14.7. The molecule has 49 heavy (non-hydrogen) atoms. The number of imide groups is 2. The molecule has 272 valence electrons. The highest BCUT2D eigenvalue weighted by Gasteiger charge is 2.49. The molecule has 2 rings (SSSR count). The molecule has 1 saturated heterocycles. The maximum atomic E-state index is 14.0. The number of amides is 5. The van der Waals surface area contributed by atoms with Crippen molar-refractivity contribution < 1.29 is 52.5 Å². The molecule has 1 aromatic rings. The van der Waals surface area contributed by atoms with Crippen LogP contribution in [-0.2, 0) is 49.5 Å². The number of unbranched alkanes of at least 4 members (excludes halogenated alkanes) is 1. The molecule has 0 aliphatic carbocycles. The number of urea groups is 1. The number of carbonyl (C=O) groups excluding carboxylic acids is 7. The molecule has 1 aliphatic heterocycles. The van der Waals surface area contributed by atoms with Gasteiger partial charge in [-0.2, -0.15) is 0 Å². The molecule has 0 bridgehead atoms. The summed E-state index contributed by atoms with van der Waals surface area (Å²) in [7, 11) is 0. The minimum Gasteiger partial charge on any atom is -0.460 e. The van der Waals surface area contributed by atoms with Crippen LogP contribution in [0.1, 0.15) is 106 Å². The fourth-order valence-corrected chi connectivity index (χ4v) is 4.76. The van der Waals surface area contributed by atoms with E-state index in [2.05, 4.69) is 5.32 Å². The van der Waals surface area contributed by atoms with Crippen LogP contribution in [0.25, 0.3) is 0 Å². The van der Waals surface area contributed by atoms with Gasteiger partial charge in [0, 0.05) is 13.0 Å². The summed E-state index contributed by atoms with van der Waals surface area (Å²) in [5.41, 5.74) is -2.00. The summed E-state index contributed by atoms with van der Waals surface area (Å²) < 4.78 is 21.6. The van der Waals surface area contributed by atoms with Gasteiger partial charge in [0.2, 0.25) is 11.8 Å². The van der Waals surface area contributed by atoms with Crippen LogP contribution in [-0.4, -0.2) is 87.1 Å². The summed E-state index contributed by atoms with van der Waals surface area (Å²) >= 11 is 0. The zero-order valence-electron chi connectivity index (χ0n) is 30.1. The Bertz CT molecular complexity index is 1360. The van der Waals surface area contributed by atoms with Crippen LogP contribution in [0.5, 0.6) is 0 Å². The first-order chi connectivity index (χ1) is 22.6. The minimum absolute atomic E-state index is 0.0653. The van der Waals surface area contributed by atoms with Gasteiger partial charge in [-0.05, 0) is 93.6 Å². The SMILES string of the molecule is CC(C)(C)OC(=O)CC[C@@H](C(=O)OC(C)(C)C)N1C(=O)CC(=O)N([C@@H](CCCCNC(=O)OCc2ccccc2)C(=O)OC(C)(C)C)C1=O. The lowest BCUT2D eigenvalue weighted by Crippen LogP contribution is -2.64. The molecule has 1 N–H and O–H groups in total. The number of barbiturate groups is 1. The van der Waals surface area contributed by atoms with Gasteiger partial charge in [0.15, 0.2) is 0 Å². The molecule has 0 spiro atoms. The number of alkyl carbamates (subject to hydrolysis) is 1. The van der Waals surface area contributed by atoms with Gasteiger partial charge in [0.1, 0.15) is 41.9 Å². The number of benzene rings is 1. The first-order valence-corrected chi connectivity index (χ1v) is 16.4. The summed E-state index contributed by atoms with van der Waals surface area (Å²) in [5.74, 6) is -4.45. The highest BCUT2D eigenvalue weighted by Crippen LogP contribution is 2.26. The number of hydrogen-bond donors (Lipinski definition) is 1. The zero-order valence-corrected chi connectivity index (χ0v) is 30.1. The Balaban J connectivity index is 2.26. The molecule has 1 fully saturated rings. The average molecular weight is 690 g/mol. The molecule has 14 heteroatoms. The second-order valence-electron chi connectivity index (χ2n) is 14.7. The summed E-state index contributed by atoms with van der Waals surface area (Å²) in [6, 6.07) is 4.88. The first kappa shape index (κ1) is 40.7. The number of nitrogens with one attached hydrogen (secondary N) is 1. The largest absolute Gasteiger partial charge is 0.460 e. The summed E-state index contributed by atoms with van der Waals surface area (Å²) in [4.78, 5) is 93.3. The third kappa shape index (κ3) is 14.3. The van der Waals surface area contributed by atoms with Crippen molar-refractivity contribution in [1.29, 1.82) is 0 Å². The van der Waals surface area contributed by atoms with E-state index in [1.807, 2.05) is 30.3 Å². The Hall–Kier alpha value is -4.49. The highest BCUT2D eigenvalue weighted by atomic mass is 16.6. The van der Waals surface area contributed by atoms with Crippen molar-refractivity contribution >= 4 is 41.8 Å². The van der Waals surface area contributed by atoms with Crippen LogP contribution in [0.15, 0.2) is 30.3 Å². The topological polar surface area (TPSA) is 175 Å². The van der Waals surface area contributed by atoms with Gasteiger partial charge >= 0.3 is 30.0 Å². The van der Waals surface area contributed by atoms with E-state index in [-0.39, 0.29) is 38.8 Å². The molecule has 0 aromatic heterocycles. The van der Waals surface area contributed by atoms with Crippen molar-refractivity contribution in [3.63, 3.8) is 0 Å². The maximum absolute atomic E-state index is 14.0. The van der Waals surface area contributed by atoms with Crippen molar-refractivity contribution in [1.82, 2.24) is 15.1 Å². The van der Waals surface area contributed by atoms with Gasteiger partial charge < -0.3 is 24.3 Å². The molecule has 14 nitrogen and oxygen atoms in total. The first-order valence-electron chi connectivity index (χ1n) is 16.4. The zero-order chi connectivity index (χ0) is 37.2. The van der Waals surface area contributed by atoms with E-state index in [9.17, 15) is 33.6 Å². The number of ether oxygens (including phenoxy) is 4. The minimum atomic E-state index is -1.59. The van der Waals surface area contributed by atoms with Gasteiger partial charge in [-0.3, -0.25) is 14.4 Å². The van der Waals surface area contributed by atoms with E-state index >= 15 is 0 Å². The molecule has 5 amide bonds. The number of esters is 3. The van der Waals surface area contributed by atoms with Crippen molar-refractivity contribution in [2.45, 2.75) is 136 Å². The van der Waals surface area contributed by atoms with Crippen molar-refractivity contribution in [2.24, 2.45) is 0 Å². The van der Waals surface area contributed by atoms with Crippen LogP contribution in [0.4, 0.5) is 9.59 Å². The number of rotatable bonds is 14. The molecule has 0 saturated carbocycles. The van der Waals surface area contributed by atoms with Crippen LogP contribution in [0.2, 0.25) is 0 Å². The van der Waals surface area contributed by atoms with E-state index in [0.717, 1.165) is 5.56 Å². The molecular formula is C35H51N3O11. The van der Waals surface area contributed by atoms with Gasteiger partial charge in [-0.25, -0.2) is 29.0 Å². The third-order valence-electron chi connectivity index (χ3n) is 6.66. The van der Waals surface area contributed by atoms with E-state index in [1.54, 1.807) is 62.3 Å². The van der Waals surface area contributed by atoms with Crippen molar-refractivity contribution in [3.8, 4) is 0 Å². The van der Waals surface area contributed by atoms with Gasteiger partial charge in [-0.1, -0.05) is 30.3 Å². The molecule has 0 unspecified atom stereocenters. The summed E-state index contributed by atoms with van der Waals surface area (Å²) in [6.45, 7) is 14.9. The van der Waals surface area contributed by atoms with Crippen LogP contribution in [0.3, 0.4) is 0 Å². The van der Waals surface area contributed by atoms with E-state index in [0.29, 0.717) is 16.2 Å². The maximum Gasteiger partial charge on any atom is 0.407 e. The fourth-order valence-electron chi connectivity index (χ4n) is 4.76. The third-order valence-corrected chi connectivity index (χ3v) is 6.66. The fraction of sp³-hybridized carbons (Fsp3) is 0.629. The lowest BCUT2D eigenvalue weighted by molar-refractivity contribution is -0.170. The van der Waals surface area contributed by atoms with Crippen molar-refractivity contribution in [3.05, 3.63) is 35.9 Å². The number of nitrogens with zero attached hydrogens (tertiary/aromatic N) is 2. The predicted octanol–water partition coefficient (Wildman–Crippen LogP) is 4.81. The standard InChI is InChI=1S/C35H51N3O11/c1-33(2,3)47-28(41)19-18-25(30(43)49-35(7,8)9)38-27(40)21-26(39)37(32(38)45)24(29(42)48-34(4,5)6)17-13-14-20-36-31(44)46-22-23-15-11-10-12-16-23/h10-12,15-16,24-25H,13-14,17-22H2,1-9H3,(H,36,44)/t24-,25-/m0/s1. The molecule has 2 atom stereocenters. The van der Waals surface area contributed by atoms with Gasteiger partial charge in [-0.15, -0.1) is 0 Å². The Morgan fingerprint density at radius 3 is 1.69 bits per heavy atom. The Morgan fingerprint density at radius 1 is 0.714 bits per heavy atom. The monoisotopic (exact) mass is 689 g/mol. The molecule has 1 heterocycles. The normalized spacial score (nSPS) is 15.3. The molecule has 1 aliphatic rings. The number of hydrogen-bond acceptors (Lipinski definition) is 11. The molecule has 0 radical (unpaired) electrons. The smallest absolute Gasteiger partial charge is 0.407 e. The highest BCUT2D eigenvalue weighted by molar-refractivity contribution is 6.16. The molecular weight excluding hydrogens is 638 g/mol. The number of carbonyl (C=O) groups is 7. The lowest BCUT2D eigenvalue weighted by atomic mass is 10.0. The lowest BCUT2D eigenvalue weighted by Gasteiger charge is -2.40. The molecule has 1 aromatic carbocycles. The van der Waals surface area contributed by atoms with Crippen molar-refractivity contribution in [2.75, 3.05) is 6.54 Å². The second kappa shape index (κ2) is 17.3. The predicted molar refractivity (Wildman–Crippen MR) is 177 cm³/mol. The van der Waals surface area contributed by atoms with Crippen LogP contribution < -0.4 is 5.32 Å². The van der Waals surface area contributed by atoms with Gasteiger partial charge in [0.05, 0.1) is 0 Å². The summed E-state index contributed by atoms with van der Waals surface area (Å²) in [6.07, 6.45) is -1.61. The Morgan fingerprint density at radius 2 is 1.20 bits per heavy atom. The van der Waals surface area contributed by atoms with E-state index in [1.165, 1.54) is 0 Å². The van der Waals surface area contributed by atoms with Gasteiger partial charge in [0.25, 0.3) is 0 Å². The quantitative estimate of drug-likeness (QED) is 0.123. The Labute approximate surface area is 288 Å². The van der Waals surface area contributed by atoms with E-state index in [4.69, 9.17) is 18.9 Å².